The maximum Gasteiger partial charge on any atom is 0.408 e. The number of nitrogens with one attached hydrogen (secondary N) is 3. The van der Waals surface area contributed by atoms with E-state index >= 15 is 0 Å². The van der Waals surface area contributed by atoms with Crippen LogP contribution in [0.5, 0.6) is 0 Å². The van der Waals surface area contributed by atoms with Crippen LogP contribution in [0.4, 0.5) is 4.79 Å². The molecule has 1 heterocycles. The van der Waals surface area contributed by atoms with Gasteiger partial charge in [-0.1, -0.05) is 13.8 Å². The van der Waals surface area contributed by atoms with Crippen molar-refractivity contribution in [3.05, 3.63) is 18.5 Å². The number of nitrogens with zero attached hydrogens (tertiary/aromatic N) is 3. The molecule has 0 aliphatic rings. The van der Waals surface area contributed by atoms with Gasteiger partial charge in [-0.2, -0.15) is 5.10 Å². The molecule has 0 spiro atoms. The average molecular weight is 508 g/mol. The predicted octanol–water partition coefficient (Wildman–Crippen LogP) is 3.14. The molecule has 0 saturated carbocycles. The highest BCUT2D eigenvalue weighted by Crippen LogP contribution is 2.16. The number of carbonyl (C=O) groups excluding carboxylic acids is 1. The van der Waals surface area contributed by atoms with Gasteiger partial charge in [0.1, 0.15) is 5.60 Å². The first-order chi connectivity index (χ1) is 12.7. The Hall–Kier alpha value is -1.52. The van der Waals surface area contributed by atoms with Crippen LogP contribution >= 0.6 is 24.0 Å². The highest BCUT2D eigenvalue weighted by Gasteiger charge is 2.30. The zero-order valence-corrected chi connectivity index (χ0v) is 20.4. The van der Waals surface area contributed by atoms with Gasteiger partial charge in [0, 0.05) is 39.1 Å². The second-order valence-electron chi connectivity index (χ2n) is 7.59. The lowest BCUT2D eigenvalue weighted by atomic mass is 9.93. The van der Waals surface area contributed by atoms with Crippen LogP contribution in [0.15, 0.2) is 23.5 Å². The first-order valence-corrected chi connectivity index (χ1v) is 9.66. The van der Waals surface area contributed by atoms with E-state index in [0.29, 0.717) is 12.5 Å². The van der Waals surface area contributed by atoms with Crippen molar-refractivity contribution in [1.82, 2.24) is 25.7 Å². The summed E-state index contributed by atoms with van der Waals surface area (Å²) in [5.74, 6) is 0.715. The lowest BCUT2D eigenvalue weighted by Gasteiger charge is -2.34. The number of amides is 1. The number of rotatable bonds is 9. The smallest absolute Gasteiger partial charge is 0.408 e. The van der Waals surface area contributed by atoms with Gasteiger partial charge in [0.2, 0.25) is 0 Å². The standard InChI is InChI=1S/C19H36N6O2.HI/c1-7-19(8-2,24-17(26)27-18(3,4)5)15-22-16(20-6)21-11-9-13-25-14-10-12-23-25;/h10,12,14H,7-9,11,13,15H2,1-6H3,(H,24,26)(H2,20,21,22);1H. The van der Waals surface area contributed by atoms with E-state index in [9.17, 15) is 4.79 Å². The SMILES string of the molecule is CCC(CC)(CNC(=NC)NCCCn1cccn1)NC(=O)OC(C)(C)C.I. The molecule has 0 aliphatic heterocycles. The van der Waals surface area contributed by atoms with E-state index < -0.39 is 17.2 Å². The zero-order valence-electron chi connectivity index (χ0n) is 18.0. The summed E-state index contributed by atoms with van der Waals surface area (Å²) >= 11 is 0. The molecule has 0 unspecified atom stereocenters. The molecule has 0 saturated heterocycles. The van der Waals surface area contributed by atoms with E-state index in [-0.39, 0.29) is 24.0 Å². The van der Waals surface area contributed by atoms with Crippen LogP contribution in [0.1, 0.15) is 53.9 Å². The average Bonchev–Trinajstić information content (AvgIpc) is 3.11. The fraction of sp³-hybridized carbons (Fsp3) is 0.737. The number of aliphatic imine (C=N–C) groups is 1. The Labute approximate surface area is 186 Å². The number of guanidine groups is 1. The highest BCUT2D eigenvalue weighted by molar-refractivity contribution is 14.0. The van der Waals surface area contributed by atoms with Crippen molar-refractivity contribution in [1.29, 1.82) is 0 Å². The molecule has 8 nitrogen and oxygen atoms in total. The second kappa shape index (κ2) is 12.8. The third-order valence-electron chi connectivity index (χ3n) is 4.35. The number of hydrogen-bond acceptors (Lipinski definition) is 4. The van der Waals surface area contributed by atoms with Crippen molar-refractivity contribution < 1.29 is 9.53 Å². The summed E-state index contributed by atoms with van der Waals surface area (Å²) in [7, 11) is 1.74. The molecule has 1 rings (SSSR count). The Morgan fingerprint density at radius 3 is 2.39 bits per heavy atom. The minimum atomic E-state index is -0.517. The summed E-state index contributed by atoms with van der Waals surface area (Å²) in [6.45, 7) is 11.9. The Balaban J connectivity index is 0.00000729. The molecule has 0 atom stereocenters. The first kappa shape index (κ1) is 26.5. The fourth-order valence-corrected chi connectivity index (χ4v) is 2.60. The van der Waals surface area contributed by atoms with Gasteiger partial charge in [-0.25, -0.2) is 4.79 Å². The van der Waals surface area contributed by atoms with Crippen LogP contribution in [0, 0.1) is 0 Å². The fourth-order valence-electron chi connectivity index (χ4n) is 2.60. The second-order valence-corrected chi connectivity index (χ2v) is 7.59. The third kappa shape index (κ3) is 10.1. The van der Waals surface area contributed by atoms with Crippen LogP contribution in [0.2, 0.25) is 0 Å². The van der Waals surface area contributed by atoms with Crippen LogP contribution in [0.25, 0.3) is 0 Å². The molecule has 9 heteroatoms. The number of aryl methyl sites for hydroxylation is 1. The van der Waals surface area contributed by atoms with E-state index in [4.69, 9.17) is 4.74 Å². The summed E-state index contributed by atoms with van der Waals surface area (Å²) in [6.07, 6.45) is 5.84. The molecule has 1 amide bonds. The normalized spacial score (nSPS) is 12.1. The third-order valence-corrected chi connectivity index (χ3v) is 4.35. The quantitative estimate of drug-likeness (QED) is 0.206. The van der Waals surface area contributed by atoms with E-state index in [2.05, 4.69) is 39.9 Å². The maximum absolute atomic E-state index is 12.2. The minimum absolute atomic E-state index is 0. The molecular weight excluding hydrogens is 471 g/mol. The Kier molecular flexibility index (Phi) is 12.1. The largest absolute Gasteiger partial charge is 0.444 e. The summed E-state index contributed by atoms with van der Waals surface area (Å²) in [6, 6.07) is 1.92. The monoisotopic (exact) mass is 508 g/mol. The molecular formula is C19H37IN6O2. The molecule has 3 N–H and O–H groups in total. The van der Waals surface area contributed by atoms with E-state index in [1.54, 1.807) is 13.2 Å². The molecule has 1 aromatic heterocycles. The Morgan fingerprint density at radius 1 is 1.21 bits per heavy atom. The minimum Gasteiger partial charge on any atom is -0.444 e. The predicted molar refractivity (Wildman–Crippen MR) is 124 cm³/mol. The summed E-state index contributed by atoms with van der Waals surface area (Å²) < 4.78 is 7.32. The van der Waals surface area contributed by atoms with Crippen molar-refractivity contribution in [3.8, 4) is 0 Å². The maximum atomic E-state index is 12.2. The molecule has 0 radical (unpaired) electrons. The lowest BCUT2D eigenvalue weighted by molar-refractivity contribution is 0.0448. The highest BCUT2D eigenvalue weighted by atomic mass is 127. The number of aromatic nitrogens is 2. The summed E-state index contributed by atoms with van der Waals surface area (Å²) in [5.41, 5.74) is -0.911. The summed E-state index contributed by atoms with van der Waals surface area (Å²) in [4.78, 5) is 16.5. The molecule has 0 fully saturated rings. The topological polar surface area (TPSA) is 92.6 Å². The number of hydrogen-bond donors (Lipinski definition) is 3. The van der Waals surface area contributed by atoms with Gasteiger partial charge < -0.3 is 20.7 Å². The van der Waals surface area contributed by atoms with Crippen molar-refractivity contribution in [2.75, 3.05) is 20.1 Å². The number of halogens is 1. The molecule has 0 aliphatic carbocycles. The van der Waals surface area contributed by atoms with Crippen LogP contribution in [-0.2, 0) is 11.3 Å². The van der Waals surface area contributed by atoms with Crippen molar-refractivity contribution in [3.63, 3.8) is 0 Å². The lowest BCUT2D eigenvalue weighted by Crippen LogP contribution is -2.57. The van der Waals surface area contributed by atoms with Gasteiger partial charge in [-0.15, -0.1) is 24.0 Å². The van der Waals surface area contributed by atoms with Crippen LogP contribution < -0.4 is 16.0 Å². The van der Waals surface area contributed by atoms with Gasteiger partial charge in [0.15, 0.2) is 5.96 Å². The van der Waals surface area contributed by atoms with E-state index in [0.717, 1.165) is 32.4 Å². The van der Waals surface area contributed by atoms with Crippen LogP contribution in [-0.4, -0.2) is 53.1 Å². The van der Waals surface area contributed by atoms with Crippen molar-refractivity contribution in [2.24, 2.45) is 4.99 Å². The summed E-state index contributed by atoms with van der Waals surface area (Å²) in [5, 5.41) is 13.8. The van der Waals surface area contributed by atoms with Gasteiger partial charge in [-0.05, 0) is 46.1 Å². The van der Waals surface area contributed by atoms with Crippen molar-refractivity contribution in [2.45, 2.75) is 71.6 Å². The molecule has 162 valence electrons. The van der Waals surface area contributed by atoms with Gasteiger partial charge in [-0.3, -0.25) is 9.67 Å². The first-order valence-electron chi connectivity index (χ1n) is 9.66. The molecule has 1 aromatic rings. The molecule has 0 aromatic carbocycles. The van der Waals surface area contributed by atoms with E-state index in [1.807, 2.05) is 37.7 Å². The zero-order chi connectivity index (χ0) is 20.3. The van der Waals surface area contributed by atoms with Gasteiger partial charge >= 0.3 is 6.09 Å². The van der Waals surface area contributed by atoms with Crippen LogP contribution in [0.3, 0.4) is 0 Å². The van der Waals surface area contributed by atoms with Crippen molar-refractivity contribution >= 4 is 36.0 Å². The van der Waals surface area contributed by atoms with Gasteiger partial charge in [0.25, 0.3) is 0 Å². The van der Waals surface area contributed by atoms with Gasteiger partial charge in [0.05, 0.1) is 5.54 Å². The van der Waals surface area contributed by atoms with E-state index in [1.165, 1.54) is 0 Å². The molecule has 0 bridgehead atoms. The molecule has 28 heavy (non-hydrogen) atoms. The number of ether oxygens (including phenoxy) is 1. The number of alkyl carbamates (subject to hydrolysis) is 1. The Bertz CT molecular complexity index is 580. The Morgan fingerprint density at radius 2 is 1.89 bits per heavy atom. The number of carbonyl (C=O) groups is 1.